The maximum Gasteiger partial charge on any atom is 0.269 e. The van der Waals surface area contributed by atoms with E-state index < -0.39 is 4.92 Å². The van der Waals surface area contributed by atoms with Crippen molar-refractivity contribution in [2.75, 3.05) is 0 Å². The third-order valence-electron chi connectivity index (χ3n) is 3.23. The smallest absolute Gasteiger partial charge is 0.269 e. The molecule has 1 amide bonds. The molecule has 0 fully saturated rings. The average Bonchev–Trinajstić information content (AvgIpc) is 3.09. The van der Waals surface area contributed by atoms with E-state index in [1.54, 1.807) is 12.4 Å². The molecule has 0 aliphatic heterocycles. The standard InChI is InChI=1S/C16H12N4O3S/c21-15(11-3-5-14(6-4-11)20(22)23)18-9-13-10-24-16(19-13)12-2-1-7-17-8-12/h1-8,10H,9H2,(H,18,21). The zero-order valence-corrected chi connectivity index (χ0v) is 13.2. The Labute approximate surface area is 141 Å². The molecule has 0 bridgehead atoms. The molecule has 3 rings (SSSR count). The van der Waals surface area contributed by atoms with Crippen LogP contribution in [0, 0.1) is 10.1 Å². The summed E-state index contributed by atoms with van der Waals surface area (Å²) < 4.78 is 0. The Balaban J connectivity index is 1.62. The van der Waals surface area contributed by atoms with Crippen molar-refractivity contribution in [1.82, 2.24) is 15.3 Å². The monoisotopic (exact) mass is 340 g/mol. The summed E-state index contributed by atoms with van der Waals surface area (Å²) in [6.45, 7) is 0.284. The van der Waals surface area contributed by atoms with Crippen LogP contribution >= 0.6 is 11.3 Å². The van der Waals surface area contributed by atoms with E-state index in [9.17, 15) is 14.9 Å². The number of pyridine rings is 1. The van der Waals surface area contributed by atoms with Gasteiger partial charge in [0, 0.05) is 41.0 Å². The van der Waals surface area contributed by atoms with Crippen LogP contribution in [0.4, 0.5) is 5.69 Å². The lowest BCUT2D eigenvalue weighted by Gasteiger charge is -2.03. The van der Waals surface area contributed by atoms with Crippen molar-refractivity contribution in [1.29, 1.82) is 0 Å². The van der Waals surface area contributed by atoms with Gasteiger partial charge in [-0.2, -0.15) is 0 Å². The molecule has 1 aromatic carbocycles. The second kappa shape index (κ2) is 6.97. The van der Waals surface area contributed by atoms with Gasteiger partial charge in [-0.3, -0.25) is 19.9 Å². The molecule has 0 saturated heterocycles. The molecule has 0 saturated carbocycles. The third kappa shape index (κ3) is 3.61. The highest BCUT2D eigenvalue weighted by Crippen LogP contribution is 2.22. The van der Waals surface area contributed by atoms with E-state index in [1.165, 1.54) is 35.6 Å². The Bertz CT molecular complexity index is 863. The highest BCUT2D eigenvalue weighted by atomic mass is 32.1. The summed E-state index contributed by atoms with van der Waals surface area (Å²) in [5, 5.41) is 16.1. The molecule has 2 aromatic heterocycles. The largest absolute Gasteiger partial charge is 0.346 e. The molecular formula is C16H12N4O3S. The van der Waals surface area contributed by atoms with Crippen molar-refractivity contribution in [2.45, 2.75) is 6.54 Å². The predicted molar refractivity (Wildman–Crippen MR) is 89.6 cm³/mol. The van der Waals surface area contributed by atoms with Crippen LogP contribution in [0.2, 0.25) is 0 Å². The zero-order chi connectivity index (χ0) is 16.9. The van der Waals surface area contributed by atoms with E-state index in [4.69, 9.17) is 0 Å². The van der Waals surface area contributed by atoms with Crippen molar-refractivity contribution >= 4 is 22.9 Å². The number of nitro groups is 1. The number of nitrogens with zero attached hydrogens (tertiary/aromatic N) is 3. The van der Waals surface area contributed by atoms with Gasteiger partial charge in [0.2, 0.25) is 0 Å². The molecule has 3 aromatic rings. The summed E-state index contributed by atoms with van der Waals surface area (Å²) in [7, 11) is 0. The first kappa shape index (κ1) is 15.8. The summed E-state index contributed by atoms with van der Waals surface area (Å²) >= 11 is 1.48. The fourth-order valence-electron chi connectivity index (χ4n) is 2.02. The van der Waals surface area contributed by atoms with Crippen molar-refractivity contribution < 1.29 is 9.72 Å². The Morgan fingerprint density at radius 3 is 2.71 bits per heavy atom. The lowest BCUT2D eigenvalue weighted by Crippen LogP contribution is -2.22. The fourth-order valence-corrected chi connectivity index (χ4v) is 2.83. The van der Waals surface area contributed by atoms with Crippen molar-refractivity contribution in [2.24, 2.45) is 0 Å². The molecule has 2 heterocycles. The first-order valence-electron chi connectivity index (χ1n) is 7.01. The molecule has 7 nitrogen and oxygen atoms in total. The number of amides is 1. The topological polar surface area (TPSA) is 98.0 Å². The molecule has 8 heteroatoms. The number of aromatic nitrogens is 2. The molecule has 0 aliphatic carbocycles. The van der Waals surface area contributed by atoms with Gasteiger partial charge < -0.3 is 5.32 Å². The van der Waals surface area contributed by atoms with Crippen LogP contribution in [0.5, 0.6) is 0 Å². The van der Waals surface area contributed by atoms with Crippen LogP contribution in [0.1, 0.15) is 16.1 Å². The minimum absolute atomic E-state index is 0.0489. The maximum atomic E-state index is 12.1. The lowest BCUT2D eigenvalue weighted by molar-refractivity contribution is -0.384. The number of non-ortho nitro benzene ring substituents is 1. The number of benzene rings is 1. The van der Waals surface area contributed by atoms with Gasteiger partial charge in [-0.15, -0.1) is 11.3 Å². The summed E-state index contributed by atoms with van der Waals surface area (Å²) in [5.41, 5.74) is 1.99. The van der Waals surface area contributed by atoms with E-state index in [0.29, 0.717) is 5.56 Å². The third-order valence-corrected chi connectivity index (χ3v) is 4.17. The normalized spacial score (nSPS) is 10.3. The predicted octanol–water partition coefficient (Wildman–Crippen LogP) is 3.04. The summed E-state index contributed by atoms with van der Waals surface area (Å²) in [5.74, 6) is -0.305. The fraction of sp³-hybridized carbons (Fsp3) is 0.0625. The van der Waals surface area contributed by atoms with E-state index in [0.717, 1.165) is 16.3 Å². The van der Waals surface area contributed by atoms with Gasteiger partial charge >= 0.3 is 0 Å². The van der Waals surface area contributed by atoms with Crippen molar-refractivity contribution in [3.8, 4) is 10.6 Å². The van der Waals surface area contributed by atoms with E-state index in [2.05, 4.69) is 15.3 Å². The molecule has 1 N–H and O–H groups in total. The SMILES string of the molecule is O=C(NCc1csc(-c2cccnc2)n1)c1ccc([N+](=O)[O-])cc1. The Hall–Kier alpha value is -3.13. The van der Waals surface area contributed by atoms with Crippen LogP contribution in [0.25, 0.3) is 10.6 Å². The lowest BCUT2D eigenvalue weighted by atomic mass is 10.2. The number of carbonyl (C=O) groups is 1. The van der Waals surface area contributed by atoms with Gasteiger partial charge in [0.1, 0.15) is 5.01 Å². The number of nitrogens with one attached hydrogen (secondary N) is 1. The Kier molecular flexibility index (Phi) is 4.57. The number of rotatable bonds is 5. The molecule has 120 valence electrons. The summed E-state index contributed by atoms with van der Waals surface area (Å²) in [4.78, 5) is 30.7. The maximum absolute atomic E-state index is 12.1. The van der Waals surface area contributed by atoms with Crippen LogP contribution in [-0.2, 0) is 6.54 Å². The molecule has 24 heavy (non-hydrogen) atoms. The number of carbonyl (C=O) groups excluding carboxylic acids is 1. The minimum atomic E-state index is -0.503. The highest BCUT2D eigenvalue weighted by molar-refractivity contribution is 7.13. The quantitative estimate of drug-likeness (QED) is 0.568. The molecule has 0 radical (unpaired) electrons. The highest BCUT2D eigenvalue weighted by Gasteiger charge is 2.10. The van der Waals surface area contributed by atoms with E-state index in [1.807, 2.05) is 17.5 Å². The molecule has 0 atom stereocenters. The second-order valence-corrected chi connectivity index (χ2v) is 5.73. The first-order chi connectivity index (χ1) is 11.6. The van der Waals surface area contributed by atoms with Crippen molar-refractivity contribution in [3.63, 3.8) is 0 Å². The van der Waals surface area contributed by atoms with Crippen LogP contribution in [-0.4, -0.2) is 20.8 Å². The van der Waals surface area contributed by atoms with Crippen molar-refractivity contribution in [3.05, 3.63) is 75.5 Å². The van der Waals surface area contributed by atoms with Gasteiger partial charge in [0.05, 0.1) is 17.2 Å². The summed E-state index contributed by atoms with van der Waals surface area (Å²) in [6.07, 6.45) is 3.43. The number of nitro benzene ring substituents is 1. The molecule has 0 unspecified atom stereocenters. The number of thiazole rings is 1. The number of hydrogen-bond acceptors (Lipinski definition) is 6. The van der Waals surface area contributed by atoms with Gasteiger partial charge in [0.25, 0.3) is 11.6 Å². The summed E-state index contributed by atoms with van der Waals surface area (Å²) in [6, 6.07) is 9.22. The number of hydrogen-bond donors (Lipinski definition) is 1. The minimum Gasteiger partial charge on any atom is -0.346 e. The first-order valence-corrected chi connectivity index (χ1v) is 7.89. The van der Waals surface area contributed by atoms with Crippen LogP contribution < -0.4 is 5.32 Å². The van der Waals surface area contributed by atoms with Gasteiger partial charge in [-0.05, 0) is 24.3 Å². The second-order valence-electron chi connectivity index (χ2n) is 4.87. The Morgan fingerprint density at radius 2 is 2.04 bits per heavy atom. The van der Waals surface area contributed by atoms with Gasteiger partial charge in [-0.1, -0.05) is 0 Å². The van der Waals surface area contributed by atoms with E-state index in [-0.39, 0.29) is 18.1 Å². The zero-order valence-electron chi connectivity index (χ0n) is 12.4. The van der Waals surface area contributed by atoms with Gasteiger partial charge in [-0.25, -0.2) is 4.98 Å². The van der Waals surface area contributed by atoms with Crippen LogP contribution in [0.3, 0.4) is 0 Å². The Morgan fingerprint density at radius 1 is 1.25 bits per heavy atom. The van der Waals surface area contributed by atoms with E-state index >= 15 is 0 Å². The molecular weight excluding hydrogens is 328 g/mol. The molecule has 0 spiro atoms. The van der Waals surface area contributed by atoms with Gasteiger partial charge in [0.15, 0.2) is 0 Å². The average molecular weight is 340 g/mol. The van der Waals surface area contributed by atoms with Crippen LogP contribution in [0.15, 0.2) is 54.2 Å². The molecule has 0 aliphatic rings.